The fraction of sp³-hybridized carbons (Fsp3) is 0.364. The minimum Gasteiger partial charge on any atom is -0.349 e. The molecular weight excluding hydrogens is 382 g/mol. The summed E-state index contributed by atoms with van der Waals surface area (Å²) >= 11 is 1.44. The zero-order valence-electron chi connectivity index (χ0n) is 16.9. The van der Waals surface area contributed by atoms with Gasteiger partial charge in [0, 0.05) is 24.0 Å². The van der Waals surface area contributed by atoms with Gasteiger partial charge in [-0.25, -0.2) is 0 Å². The van der Waals surface area contributed by atoms with E-state index in [0.29, 0.717) is 11.8 Å². The molecule has 1 amide bonds. The van der Waals surface area contributed by atoms with E-state index >= 15 is 0 Å². The first kappa shape index (κ1) is 19.6. The number of aromatic nitrogens is 4. The highest BCUT2D eigenvalue weighted by Gasteiger charge is 2.30. The molecule has 7 heteroatoms. The summed E-state index contributed by atoms with van der Waals surface area (Å²) in [7, 11) is 0. The summed E-state index contributed by atoms with van der Waals surface area (Å²) < 4.78 is 2.15. The molecule has 0 radical (unpaired) electrons. The Morgan fingerprint density at radius 2 is 2.07 bits per heavy atom. The zero-order valence-corrected chi connectivity index (χ0v) is 17.7. The normalized spacial score (nSPS) is 14.6. The number of benzene rings is 1. The number of pyridine rings is 1. The van der Waals surface area contributed by atoms with E-state index in [2.05, 4.69) is 57.1 Å². The van der Waals surface area contributed by atoms with Gasteiger partial charge in [-0.2, -0.15) is 0 Å². The molecule has 0 bridgehead atoms. The third kappa shape index (κ3) is 4.50. The molecule has 1 aliphatic carbocycles. The molecule has 3 aromatic rings. The van der Waals surface area contributed by atoms with Crippen molar-refractivity contribution in [1.82, 2.24) is 25.1 Å². The summed E-state index contributed by atoms with van der Waals surface area (Å²) in [6.45, 7) is 6.20. The summed E-state index contributed by atoms with van der Waals surface area (Å²) in [4.78, 5) is 16.7. The molecule has 1 aromatic carbocycles. The maximum absolute atomic E-state index is 12.5. The van der Waals surface area contributed by atoms with Crippen molar-refractivity contribution in [2.45, 2.75) is 50.9 Å². The Kier molecular flexibility index (Phi) is 5.67. The largest absolute Gasteiger partial charge is 0.349 e. The number of hydrogen-bond donors (Lipinski definition) is 1. The van der Waals surface area contributed by atoms with Crippen molar-refractivity contribution in [2.24, 2.45) is 0 Å². The highest BCUT2D eigenvalue weighted by molar-refractivity contribution is 7.99. The molecule has 6 nitrogen and oxygen atoms in total. The van der Waals surface area contributed by atoms with Gasteiger partial charge in [0.25, 0.3) is 0 Å². The van der Waals surface area contributed by atoms with Crippen LogP contribution in [0.5, 0.6) is 0 Å². The van der Waals surface area contributed by atoms with Gasteiger partial charge < -0.3 is 5.32 Å². The maximum Gasteiger partial charge on any atom is 0.230 e. The first-order valence-electron chi connectivity index (χ1n) is 9.87. The predicted molar refractivity (Wildman–Crippen MR) is 115 cm³/mol. The second-order valence-electron chi connectivity index (χ2n) is 7.57. The standard InChI is InChI=1S/C22H25N5OS/c1-14-6-7-17(11-15(14)2)16(3)24-20(28)13-29-22-26-25-21(27(22)19-8-9-19)18-5-4-10-23-12-18/h4-7,10-12,16,19H,8-9,13H2,1-3H3,(H,24,28). The van der Waals surface area contributed by atoms with Gasteiger partial charge in [0.15, 0.2) is 11.0 Å². The van der Waals surface area contributed by atoms with E-state index in [0.717, 1.165) is 34.9 Å². The Morgan fingerprint density at radius 1 is 1.24 bits per heavy atom. The minimum atomic E-state index is -0.0327. The van der Waals surface area contributed by atoms with Crippen molar-refractivity contribution in [2.75, 3.05) is 5.75 Å². The Hall–Kier alpha value is -2.67. The lowest BCUT2D eigenvalue weighted by Crippen LogP contribution is -2.28. The molecule has 1 fully saturated rings. The summed E-state index contributed by atoms with van der Waals surface area (Å²) in [5.74, 6) is 1.13. The van der Waals surface area contributed by atoms with Crippen LogP contribution in [0.15, 0.2) is 47.9 Å². The van der Waals surface area contributed by atoms with Crippen molar-refractivity contribution < 1.29 is 4.79 Å². The minimum absolute atomic E-state index is 0.00555. The van der Waals surface area contributed by atoms with Crippen LogP contribution < -0.4 is 5.32 Å². The van der Waals surface area contributed by atoms with Gasteiger partial charge in [-0.05, 0) is 62.4 Å². The molecule has 0 spiro atoms. The lowest BCUT2D eigenvalue weighted by atomic mass is 10.0. The average Bonchev–Trinajstić information content (AvgIpc) is 3.48. The molecule has 2 heterocycles. The molecule has 1 N–H and O–H groups in total. The highest BCUT2D eigenvalue weighted by atomic mass is 32.2. The zero-order chi connectivity index (χ0) is 20.4. The fourth-order valence-corrected chi connectivity index (χ4v) is 4.08. The lowest BCUT2D eigenvalue weighted by Gasteiger charge is -2.15. The Labute approximate surface area is 175 Å². The number of hydrogen-bond acceptors (Lipinski definition) is 5. The van der Waals surface area contributed by atoms with Gasteiger partial charge in [0.2, 0.25) is 5.91 Å². The van der Waals surface area contributed by atoms with E-state index < -0.39 is 0 Å². The smallest absolute Gasteiger partial charge is 0.230 e. The van der Waals surface area contributed by atoms with Gasteiger partial charge in [0.1, 0.15) is 0 Å². The highest BCUT2D eigenvalue weighted by Crippen LogP contribution is 2.40. The Morgan fingerprint density at radius 3 is 2.76 bits per heavy atom. The van der Waals surface area contributed by atoms with Gasteiger partial charge >= 0.3 is 0 Å². The molecule has 1 aliphatic rings. The third-order valence-electron chi connectivity index (χ3n) is 5.24. The van der Waals surface area contributed by atoms with Crippen LogP contribution in [0.4, 0.5) is 0 Å². The van der Waals surface area contributed by atoms with Crippen molar-refractivity contribution in [3.8, 4) is 11.4 Å². The topological polar surface area (TPSA) is 72.7 Å². The molecule has 2 aromatic heterocycles. The summed E-state index contributed by atoms with van der Waals surface area (Å²) in [5.41, 5.74) is 4.56. The van der Waals surface area contributed by atoms with Crippen LogP contribution in [0.1, 0.15) is 48.5 Å². The van der Waals surface area contributed by atoms with E-state index in [4.69, 9.17) is 0 Å². The van der Waals surface area contributed by atoms with E-state index in [1.165, 1.54) is 22.9 Å². The van der Waals surface area contributed by atoms with Crippen LogP contribution in [0.2, 0.25) is 0 Å². The first-order valence-corrected chi connectivity index (χ1v) is 10.9. The SMILES string of the molecule is Cc1ccc(C(C)NC(=O)CSc2nnc(-c3cccnc3)n2C2CC2)cc1C. The number of nitrogens with one attached hydrogen (secondary N) is 1. The monoisotopic (exact) mass is 407 g/mol. The number of carbonyl (C=O) groups is 1. The number of aryl methyl sites for hydroxylation is 2. The molecule has 29 heavy (non-hydrogen) atoms. The van der Waals surface area contributed by atoms with Crippen molar-refractivity contribution in [3.63, 3.8) is 0 Å². The molecule has 4 rings (SSSR count). The van der Waals surface area contributed by atoms with Crippen molar-refractivity contribution in [1.29, 1.82) is 0 Å². The van der Waals surface area contributed by atoms with Crippen molar-refractivity contribution >= 4 is 17.7 Å². The van der Waals surface area contributed by atoms with Crippen LogP contribution in [-0.4, -0.2) is 31.4 Å². The second kappa shape index (κ2) is 8.37. The number of nitrogens with zero attached hydrogens (tertiary/aromatic N) is 4. The molecule has 1 saturated carbocycles. The number of amides is 1. The molecular formula is C22H25N5OS. The van der Waals surface area contributed by atoms with E-state index in [-0.39, 0.29) is 11.9 Å². The quantitative estimate of drug-likeness (QED) is 0.593. The molecule has 150 valence electrons. The van der Waals surface area contributed by atoms with Gasteiger partial charge in [-0.3, -0.25) is 14.3 Å². The van der Waals surface area contributed by atoms with Crippen LogP contribution in [-0.2, 0) is 4.79 Å². The predicted octanol–water partition coefficient (Wildman–Crippen LogP) is 4.26. The summed E-state index contributed by atoms with van der Waals surface area (Å²) in [6, 6.07) is 10.6. The number of carbonyl (C=O) groups excluding carboxylic acids is 1. The summed E-state index contributed by atoms with van der Waals surface area (Å²) in [6.07, 6.45) is 5.79. The van der Waals surface area contributed by atoms with Crippen LogP contribution in [0, 0.1) is 13.8 Å². The molecule has 1 atom stereocenters. The van der Waals surface area contributed by atoms with Crippen molar-refractivity contribution in [3.05, 3.63) is 59.4 Å². The fourth-order valence-electron chi connectivity index (χ4n) is 3.26. The number of thioether (sulfide) groups is 1. The van der Waals surface area contributed by atoms with Gasteiger partial charge in [0.05, 0.1) is 11.8 Å². The Bertz CT molecular complexity index is 1010. The van der Waals surface area contributed by atoms with Gasteiger partial charge in [-0.1, -0.05) is 30.0 Å². The molecule has 0 saturated heterocycles. The lowest BCUT2D eigenvalue weighted by molar-refractivity contribution is -0.119. The van der Waals surface area contributed by atoms with Gasteiger partial charge in [-0.15, -0.1) is 10.2 Å². The van der Waals surface area contributed by atoms with Crippen LogP contribution in [0.25, 0.3) is 11.4 Å². The summed E-state index contributed by atoms with van der Waals surface area (Å²) in [5, 5.41) is 12.6. The maximum atomic E-state index is 12.5. The third-order valence-corrected chi connectivity index (χ3v) is 6.18. The molecule has 1 unspecified atom stereocenters. The van der Waals surface area contributed by atoms with Crippen LogP contribution >= 0.6 is 11.8 Å². The first-order chi connectivity index (χ1) is 14.0. The second-order valence-corrected chi connectivity index (χ2v) is 8.51. The Balaban J connectivity index is 1.42. The van der Waals surface area contributed by atoms with E-state index in [1.54, 1.807) is 12.4 Å². The number of rotatable bonds is 7. The molecule has 0 aliphatic heterocycles. The van der Waals surface area contributed by atoms with E-state index in [1.807, 2.05) is 19.1 Å². The van der Waals surface area contributed by atoms with E-state index in [9.17, 15) is 4.79 Å². The van der Waals surface area contributed by atoms with Crippen LogP contribution in [0.3, 0.4) is 0 Å². The average molecular weight is 408 g/mol.